The van der Waals surface area contributed by atoms with Crippen molar-refractivity contribution in [2.75, 3.05) is 0 Å². The molecule has 0 unspecified atom stereocenters. The number of fused-ring (bicyclic) bond motifs is 1. The number of benzene rings is 1. The van der Waals surface area contributed by atoms with Gasteiger partial charge in [0.1, 0.15) is 0 Å². The van der Waals surface area contributed by atoms with E-state index >= 15 is 0 Å². The molecule has 1 amide bonds. The Morgan fingerprint density at radius 2 is 2.28 bits per heavy atom. The Labute approximate surface area is 106 Å². The summed E-state index contributed by atoms with van der Waals surface area (Å²) in [5.41, 5.74) is 2.89. The van der Waals surface area contributed by atoms with Gasteiger partial charge in [-0.25, -0.2) is 0 Å². The van der Waals surface area contributed by atoms with Crippen LogP contribution in [-0.4, -0.2) is 16.5 Å². The molecule has 1 N–H and O–H groups in total. The van der Waals surface area contributed by atoms with Gasteiger partial charge in [-0.15, -0.1) is 0 Å². The van der Waals surface area contributed by atoms with Gasteiger partial charge in [-0.2, -0.15) is 0 Å². The van der Waals surface area contributed by atoms with Crippen LogP contribution in [0.25, 0.3) is 17.0 Å². The quantitative estimate of drug-likeness (QED) is 0.879. The molecule has 2 aromatic rings. The van der Waals surface area contributed by atoms with Crippen molar-refractivity contribution < 1.29 is 4.79 Å². The molecule has 92 valence electrons. The lowest BCUT2D eigenvalue weighted by molar-refractivity contribution is 0.0952. The van der Waals surface area contributed by atoms with Crippen LogP contribution >= 0.6 is 0 Å². The Hall–Kier alpha value is -2.03. The SMILES string of the molecule is C=Cc1ccc2c(C(=O)NC3CC3)cn(C)c2c1. The second kappa shape index (κ2) is 4.02. The zero-order valence-electron chi connectivity index (χ0n) is 10.4. The highest BCUT2D eigenvalue weighted by molar-refractivity contribution is 6.07. The molecule has 3 heteroatoms. The number of amides is 1. The Morgan fingerprint density at radius 3 is 2.94 bits per heavy atom. The predicted octanol–water partition coefficient (Wildman–Crippen LogP) is 2.71. The summed E-state index contributed by atoms with van der Waals surface area (Å²) >= 11 is 0. The standard InChI is InChI=1S/C15H16N2O/c1-3-10-4-7-12-13(9-17(2)14(12)8-10)15(18)16-11-5-6-11/h3-4,7-9,11H,1,5-6H2,2H3,(H,16,18). The average molecular weight is 240 g/mol. The number of rotatable bonds is 3. The van der Waals surface area contributed by atoms with E-state index in [0.29, 0.717) is 6.04 Å². The van der Waals surface area contributed by atoms with Gasteiger partial charge in [0.2, 0.25) is 0 Å². The Morgan fingerprint density at radius 1 is 1.50 bits per heavy atom. The number of aryl methyl sites for hydroxylation is 1. The lowest BCUT2D eigenvalue weighted by Gasteiger charge is -2.01. The molecule has 1 aliphatic rings. The van der Waals surface area contributed by atoms with Gasteiger partial charge in [0.05, 0.1) is 5.56 Å². The maximum atomic E-state index is 12.1. The molecule has 0 bridgehead atoms. The van der Waals surface area contributed by atoms with Gasteiger partial charge in [0.25, 0.3) is 5.91 Å². The fraction of sp³-hybridized carbons (Fsp3) is 0.267. The maximum Gasteiger partial charge on any atom is 0.253 e. The summed E-state index contributed by atoms with van der Waals surface area (Å²) in [4.78, 5) is 12.1. The number of carbonyl (C=O) groups is 1. The van der Waals surface area contributed by atoms with Crippen molar-refractivity contribution in [3.63, 3.8) is 0 Å². The molecule has 1 aromatic carbocycles. The molecule has 1 heterocycles. The summed E-state index contributed by atoms with van der Waals surface area (Å²) in [5.74, 6) is 0.0365. The molecule has 3 rings (SSSR count). The van der Waals surface area contributed by atoms with Crippen LogP contribution < -0.4 is 5.32 Å². The van der Waals surface area contributed by atoms with Crippen molar-refractivity contribution in [2.45, 2.75) is 18.9 Å². The van der Waals surface area contributed by atoms with E-state index in [2.05, 4.69) is 18.0 Å². The van der Waals surface area contributed by atoms with E-state index in [1.54, 1.807) is 0 Å². The summed E-state index contributed by atoms with van der Waals surface area (Å²) in [6.07, 6.45) is 5.93. The van der Waals surface area contributed by atoms with Crippen molar-refractivity contribution in [3.05, 3.63) is 42.1 Å². The molecule has 0 aliphatic heterocycles. The van der Waals surface area contributed by atoms with Gasteiger partial charge < -0.3 is 9.88 Å². The molecule has 0 saturated heterocycles. The fourth-order valence-corrected chi connectivity index (χ4v) is 2.20. The van der Waals surface area contributed by atoms with Gasteiger partial charge in [0.15, 0.2) is 0 Å². The monoisotopic (exact) mass is 240 g/mol. The summed E-state index contributed by atoms with van der Waals surface area (Å²) < 4.78 is 1.99. The number of aromatic nitrogens is 1. The summed E-state index contributed by atoms with van der Waals surface area (Å²) in [5, 5.41) is 4.03. The molecular formula is C15H16N2O. The summed E-state index contributed by atoms with van der Waals surface area (Å²) in [6.45, 7) is 3.77. The summed E-state index contributed by atoms with van der Waals surface area (Å²) in [7, 11) is 1.96. The second-order valence-corrected chi connectivity index (χ2v) is 4.88. The minimum atomic E-state index is 0.0365. The molecule has 1 saturated carbocycles. The van der Waals surface area contributed by atoms with Crippen LogP contribution in [0, 0.1) is 0 Å². The highest BCUT2D eigenvalue weighted by atomic mass is 16.1. The highest BCUT2D eigenvalue weighted by Crippen LogP contribution is 2.24. The Balaban J connectivity index is 2.06. The van der Waals surface area contributed by atoms with Crippen LogP contribution in [0.3, 0.4) is 0 Å². The third-order valence-electron chi connectivity index (χ3n) is 3.41. The molecule has 18 heavy (non-hydrogen) atoms. The summed E-state index contributed by atoms with van der Waals surface area (Å²) in [6, 6.07) is 6.42. The van der Waals surface area contributed by atoms with E-state index in [1.807, 2.05) is 36.0 Å². The van der Waals surface area contributed by atoms with Crippen LogP contribution in [0.2, 0.25) is 0 Å². The zero-order chi connectivity index (χ0) is 12.7. The Kier molecular flexibility index (Phi) is 2.47. The number of nitrogens with zero attached hydrogens (tertiary/aromatic N) is 1. The van der Waals surface area contributed by atoms with E-state index in [0.717, 1.165) is 34.9 Å². The van der Waals surface area contributed by atoms with Crippen LogP contribution in [-0.2, 0) is 7.05 Å². The van der Waals surface area contributed by atoms with Crippen molar-refractivity contribution >= 4 is 22.9 Å². The van der Waals surface area contributed by atoms with E-state index in [-0.39, 0.29) is 5.91 Å². The molecular weight excluding hydrogens is 224 g/mol. The van der Waals surface area contributed by atoms with Crippen molar-refractivity contribution in [1.29, 1.82) is 0 Å². The molecule has 1 fully saturated rings. The van der Waals surface area contributed by atoms with Gasteiger partial charge in [0, 0.05) is 30.2 Å². The topological polar surface area (TPSA) is 34.0 Å². The van der Waals surface area contributed by atoms with Crippen molar-refractivity contribution in [2.24, 2.45) is 7.05 Å². The first-order chi connectivity index (χ1) is 8.69. The van der Waals surface area contributed by atoms with Crippen LogP contribution in [0.1, 0.15) is 28.8 Å². The van der Waals surface area contributed by atoms with E-state index in [1.165, 1.54) is 0 Å². The van der Waals surface area contributed by atoms with Gasteiger partial charge in [-0.1, -0.05) is 24.8 Å². The molecule has 0 spiro atoms. The second-order valence-electron chi connectivity index (χ2n) is 4.88. The van der Waals surface area contributed by atoms with Crippen LogP contribution in [0.5, 0.6) is 0 Å². The van der Waals surface area contributed by atoms with Crippen LogP contribution in [0.15, 0.2) is 31.0 Å². The third kappa shape index (κ3) is 1.82. The number of carbonyl (C=O) groups excluding carboxylic acids is 1. The smallest absolute Gasteiger partial charge is 0.253 e. The normalized spacial score (nSPS) is 14.7. The number of nitrogens with one attached hydrogen (secondary N) is 1. The van der Waals surface area contributed by atoms with E-state index in [4.69, 9.17) is 0 Å². The minimum absolute atomic E-state index is 0.0365. The Bertz CT molecular complexity index is 635. The predicted molar refractivity (Wildman–Crippen MR) is 73.5 cm³/mol. The molecule has 3 nitrogen and oxygen atoms in total. The number of hydrogen-bond acceptors (Lipinski definition) is 1. The molecule has 0 atom stereocenters. The van der Waals surface area contributed by atoms with Crippen molar-refractivity contribution in [3.8, 4) is 0 Å². The lowest BCUT2D eigenvalue weighted by Crippen LogP contribution is -2.25. The average Bonchev–Trinajstić information content (AvgIpc) is 3.12. The molecule has 1 aliphatic carbocycles. The van der Waals surface area contributed by atoms with E-state index < -0.39 is 0 Å². The lowest BCUT2D eigenvalue weighted by atomic mass is 10.1. The van der Waals surface area contributed by atoms with Crippen molar-refractivity contribution in [1.82, 2.24) is 9.88 Å². The fourth-order valence-electron chi connectivity index (χ4n) is 2.20. The largest absolute Gasteiger partial charge is 0.350 e. The van der Waals surface area contributed by atoms with E-state index in [9.17, 15) is 4.79 Å². The highest BCUT2D eigenvalue weighted by Gasteiger charge is 2.25. The zero-order valence-corrected chi connectivity index (χ0v) is 10.4. The third-order valence-corrected chi connectivity index (χ3v) is 3.41. The first-order valence-corrected chi connectivity index (χ1v) is 6.21. The maximum absolute atomic E-state index is 12.1. The van der Waals surface area contributed by atoms with Crippen LogP contribution in [0.4, 0.5) is 0 Å². The van der Waals surface area contributed by atoms with Gasteiger partial charge in [-0.3, -0.25) is 4.79 Å². The number of hydrogen-bond donors (Lipinski definition) is 1. The van der Waals surface area contributed by atoms with Gasteiger partial charge in [-0.05, 0) is 24.5 Å². The first-order valence-electron chi connectivity index (χ1n) is 6.21. The first kappa shape index (κ1) is 11.1. The molecule has 0 radical (unpaired) electrons. The minimum Gasteiger partial charge on any atom is -0.350 e. The molecule has 1 aromatic heterocycles. The van der Waals surface area contributed by atoms with Gasteiger partial charge >= 0.3 is 0 Å².